The number of benzene rings is 2. The molecule has 1 aromatic heterocycles. The van der Waals surface area contributed by atoms with E-state index in [1.807, 2.05) is 66.3 Å². The van der Waals surface area contributed by atoms with Crippen molar-refractivity contribution >= 4 is 0 Å². The summed E-state index contributed by atoms with van der Waals surface area (Å²) >= 11 is 0. The summed E-state index contributed by atoms with van der Waals surface area (Å²) < 4.78 is 7.82. The first-order valence-electron chi connectivity index (χ1n) is 7.32. The molecule has 0 atom stereocenters. The molecule has 22 heavy (non-hydrogen) atoms. The summed E-state index contributed by atoms with van der Waals surface area (Å²) in [6.07, 6.45) is 0. The number of aromatic nitrogens is 2. The van der Waals surface area contributed by atoms with E-state index in [1.165, 1.54) is 0 Å². The van der Waals surface area contributed by atoms with Crippen molar-refractivity contribution in [3.05, 3.63) is 78.0 Å². The van der Waals surface area contributed by atoms with Gasteiger partial charge in [-0.15, -0.1) is 0 Å². The average molecular weight is 293 g/mol. The van der Waals surface area contributed by atoms with Crippen LogP contribution in [0.3, 0.4) is 0 Å². The van der Waals surface area contributed by atoms with Crippen LogP contribution in [0.25, 0.3) is 5.69 Å². The molecule has 112 valence electrons. The summed E-state index contributed by atoms with van der Waals surface area (Å²) in [6.45, 7) is 1.24. The molecular formula is C18H19N3O. The smallest absolute Gasteiger partial charge is 0.217 e. The molecule has 0 fully saturated rings. The number of nitrogens with zero attached hydrogens (tertiary/aromatic N) is 2. The minimum Gasteiger partial charge on any atom is -0.473 e. The molecule has 3 rings (SSSR count). The molecule has 4 nitrogen and oxygen atoms in total. The van der Waals surface area contributed by atoms with Crippen LogP contribution in [0.2, 0.25) is 0 Å². The monoisotopic (exact) mass is 293 g/mol. The highest BCUT2D eigenvalue weighted by atomic mass is 16.5. The first-order chi connectivity index (χ1) is 10.9. The lowest BCUT2D eigenvalue weighted by molar-refractivity contribution is 0.285. The van der Waals surface area contributed by atoms with Gasteiger partial charge in [0.05, 0.1) is 11.4 Å². The van der Waals surface area contributed by atoms with Crippen LogP contribution < -0.4 is 10.1 Å². The first-order valence-corrected chi connectivity index (χ1v) is 7.32. The lowest BCUT2D eigenvalue weighted by atomic mass is 10.2. The quantitative estimate of drug-likeness (QED) is 0.758. The van der Waals surface area contributed by atoms with E-state index < -0.39 is 0 Å². The second-order valence-corrected chi connectivity index (χ2v) is 5.03. The Morgan fingerprint density at radius 1 is 1.00 bits per heavy atom. The van der Waals surface area contributed by atoms with Crippen molar-refractivity contribution < 1.29 is 4.74 Å². The largest absolute Gasteiger partial charge is 0.473 e. The highest BCUT2D eigenvalue weighted by Crippen LogP contribution is 2.20. The summed E-state index contributed by atoms with van der Waals surface area (Å²) in [5.41, 5.74) is 3.08. The average Bonchev–Trinajstić information content (AvgIpc) is 2.98. The highest BCUT2D eigenvalue weighted by molar-refractivity contribution is 5.36. The molecule has 2 aromatic carbocycles. The van der Waals surface area contributed by atoms with Crippen molar-refractivity contribution in [2.75, 3.05) is 7.05 Å². The van der Waals surface area contributed by atoms with Crippen LogP contribution >= 0.6 is 0 Å². The number of para-hydroxylation sites is 1. The molecule has 0 bridgehead atoms. The Morgan fingerprint density at radius 3 is 2.36 bits per heavy atom. The van der Waals surface area contributed by atoms with Crippen LogP contribution in [0.4, 0.5) is 0 Å². The summed E-state index contributed by atoms with van der Waals surface area (Å²) in [5, 5.41) is 7.73. The van der Waals surface area contributed by atoms with Crippen LogP contribution in [0, 0.1) is 0 Å². The molecular weight excluding hydrogens is 274 g/mol. The van der Waals surface area contributed by atoms with Crippen molar-refractivity contribution in [3.8, 4) is 11.6 Å². The van der Waals surface area contributed by atoms with Gasteiger partial charge >= 0.3 is 0 Å². The standard InChI is InChI=1S/C18H19N3O/c1-19-13-16-12-18(22-14-15-8-4-2-5-9-15)21(20-16)17-10-6-3-7-11-17/h2-12,19H,13-14H2,1H3. The summed E-state index contributed by atoms with van der Waals surface area (Å²) in [6, 6.07) is 22.1. The maximum Gasteiger partial charge on any atom is 0.217 e. The molecule has 0 saturated carbocycles. The van der Waals surface area contributed by atoms with Gasteiger partial charge in [-0.05, 0) is 24.7 Å². The zero-order valence-corrected chi connectivity index (χ0v) is 12.6. The van der Waals surface area contributed by atoms with Crippen LogP contribution in [-0.4, -0.2) is 16.8 Å². The first kappa shape index (κ1) is 14.4. The molecule has 0 unspecified atom stereocenters. The van der Waals surface area contributed by atoms with Crippen molar-refractivity contribution in [2.24, 2.45) is 0 Å². The highest BCUT2D eigenvalue weighted by Gasteiger charge is 2.10. The number of nitrogens with one attached hydrogen (secondary N) is 1. The second-order valence-electron chi connectivity index (χ2n) is 5.03. The van der Waals surface area contributed by atoms with Crippen molar-refractivity contribution in [1.82, 2.24) is 15.1 Å². The van der Waals surface area contributed by atoms with Gasteiger partial charge < -0.3 is 10.1 Å². The van der Waals surface area contributed by atoms with Gasteiger partial charge in [0, 0.05) is 12.6 Å². The summed E-state index contributed by atoms with van der Waals surface area (Å²) in [4.78, 5) is 0. The molecule has 0 saturated heterocycles. The van der Waals surface area contributed by atoms with Gasteiger partial charge in [0.15, 0.2) is 0 Å². The molecule has 4 heteroatoms. The minimum absolute atomic E-state index is 0.526. The van der Waals surface area contributed by atoms with Crippen molar-refractivity contribution in [1.29, 1.82) is 0 Å². The van der Waals surface area contributed by atoms with E-state index in [-0.39, 0.29) is 0 Å². The summed E-state index contributed by atoms with van der Waals surface area (Å²) in [7, 11) is 1.91. The Morgan fingerprint density at radius 2 is 1.68 bits per heavy atom. The van der Waals surface area contributed by atoms with E-state index >= 15 is 0 Å². The van der Waals surface area contributed by atoms with Gasteiger partial charge in [0.2, 0.25) is 5.88 Å². The topological polar surface area (TPSA) is 39.1 Å². The fraction of sp³-hybridized carbons (Fsp3) is 0.167. The van der Waals surface area contributed by atoms with E-state index in [4.69, 9.17) is 4.74 Å². The second kappa shape index (κ2) is 6.91. The van der Waals surface area contributed by atoms with E-state index in [2.05, 4.69) is 22.5 Å². The predicted octanol–water partition coefficient (Wildman–Crippen LogP) is 3.17. The van der Waals surface area contributed by atoms with Crippen LogP contribution in [0.5, 0.6) is 5.88 Å². The molecule has 0 spiro atoms. The Hall–Kier alpha value is -2.59. The number of hydrogen-bond donors (Lipinski definition) is 1. The third-order valence-electron chi connectivity index (χ3n) is 3.32. The molecule has 1 heterocycles. The minimum atomic E-state index is 0.526. The number of hydrogen-bond acceptors (Lipinski definition) is 3. The summed E-state index contributed by atoms with van der Waals surface area (Å²) in [5.74, 6) is 0.750. The molecule has 0 aliphatic carbocycles. The van der Waals surface area contributed by atoms with Crippen LogP contribution in [-0.2, 0) is 13.2 Å². The zero-order chi connectivity index (χ0) is 15.2. The van der Waals surface area contributed by atoms with E-state index in [1.54, 1.807) is 0 Å². The van der Waals surface area contributed by atoms with E-state index in [9.17, 15) is 0 Å². The fourth-order valence-electron chi connectivity index (χ4n) is 2.27. The lowest BCUT2D eigenvalue weighted by Crippen LogP contribution is -2.06. The van der Waals surface area contributed by atoms with Gasteiger partial charge in [0.1, 0.15) is 6.61 Å². The van der Waals surface area contributed by atoms with Gasteiger partial charge in [-0.3, -0.25) is 0 Å². The van der Waals surface area contributed by atoms with E-state index in [0.29, 0.717) is 13.2 Å². The van der Waals surface area contributed by atoms with Gasteiger partial charge in [-0.25, -0.2) is 4.68 Å². The maximum atomic E-state index is 5.98. The molecule has 0 aliphatic heterocycles. The Balaban J connectivity index is 1.85. The van der Waals surface area contributed by atoms with Crippen molar-refractivity contribution in [2.45, 2.75) is 13.2 Å². The molecule has 0 radical (unpaired) electrons. The van der Waals surface area contributed by atoms with Gasteiger partial charge in [-0.1, -0.05) is 48.5 Å². The van der Waals surface area contributed by atoms with Crippen molar-refractivity contribution in [3.63, 3.8) is 0 Å². The molecule has 0 aliphatic rings. The zero-order valence-electron chi connectivity index (χ0n) is 12.6. The van der Waals surface area contributed by atoms with Crippen LogP contribution in [0.15, 0.2) is 66.7 Å². The SMILES string of the molecule is CNCc1cc(OCc2ccccc2)n(-c2ccccc2)n1. The Bertz CT molecular complexity index is 708. The normalized spacial score (nSPS) is 10.6. The maximum absolute atomic E-state index is 5.98. The third kappa shape index (κ3) is 3.35. The fourth-order valence-corrected chi connectivity index (χ4v) is 2.27. The lowest BCUT2D eigenvalue weighted by Gasteiger charge is -2.09. The van der Waals surface area contributed by atoms with Crippen LogP contribution in [0.1, 0.15) is 11.3 Å². The molecule has 3 aromatic rings. The van der Waals surface area contributed by atoms with Gasteiger partial charge in [-0.2, -0.15) is 5.10 Å². The predicted molar refractivity (Wildman–Crippen MR) is 87.1 cm³/mol. The van der Waals surface area contributed by atoms with E-state index in [0.717, 1.165) is 22.8 Å². The number of rotatable bonds is 6. The number of ether oxygens (including phenoxy) is 1. The third-order valence-corrected chi connectivity index (χ3v) is 3.32. The molecule has 0 amide bonds. The Kier molecular flexibility index (Phi) is 4.51. The molecule has 1 N–H and O–H groups in total. The Labute approximate surface area is 130 Å². The van der Waals surface area contributed by atoms with Gasteiger partial charge in [0.25, 0.3) is 0 Å².